The number of amides is 1. The van der Waals surface area contributed by atoms with E-state index in [1.165, 1.54) is 0 Å². The molecule has 2 N–H and O–H groups in total. The van der Waals surface area contributed by atoms with E-state index >= 15 is 0 Å². The molecule has 7 heteroatoms. The Morgan fingerprint density at radius 3 is 2.46 bits per heavy atom. The second-order valence-corrected chi connectivity index (χ2v) is 5.78. The van der Waals surface area contributed by atoms with Crippen molar-refractivity contribution in [3.05, 3.63) is 65.9 Å². The van der Waals surface area contributed by atoms with Crippen LogP contribution in [0, 0.1) is 6.92 Å². The van der Waals surface area contributed by atoms with Gasteiger partial charge in [0.25, 0.3) is 5.91 Å². The molecule has 130 valence electrons. The van der Waals surface area contributed by atoms with Gasteiger partial charge in [-0.3, -0.25) is 4.79 Å². The second kappa shape index (κ2) is 6.72. The molecule has 0 fully saturated rings. The van der Waals surface area contributed by atoms with Crippen molar-refractivity contribution in [2.45, 2.75) is 6.92 Å². The minimum atomic E-state index is -0.214. The van der Waals surface area contributed by atoms with Crippen LogP contribution in [-0.4, -0.2) is 22.9 Å². The van der Waals surface area contributed by atoms with Gasteiger partial charge in [-0.1, -0.05) is 0 Å². The molecule has 7 nitrogen and oxygen atoms in total. The maximum absolute atomic E-state index is 12.4. The van der Waals surface area contributed by atoms with Crippen LogP contribution in [0.3, 0.4) is 0 Å². The Morgan fingerprint density at radius 2 is 1.69 bits per heavy atom. The highest BCUT2D eigenvalue weighted by Gasteiger charge is 2.16. The lowest BCUT2D eigenvalue weighted by Gasteiger charge is -2.08. The summed E-state index contributed by atoms with van der Waals surface area (Å²) in [5.74, 6) is 1.67. The second-order valence-electron chi connectivity index (χ2n) is 5.78. The smallest absolute Gasteiger partial charge is 0.255 e. The monoisotopic (exact) mass is 348 g/mol. The molecular formula is C19H16N4O3. The molecule has 0 radical (unpaired) electrons. The van der Waals surface area contributed by atoms with Crippen molar-refractivity contribution in [2.75, 3.05) is 17.4 Å². The minimum absolute atomic E-state index is 0.181. The lowest BCUT2D eigenvalue weighted by Crippen LogP contribution is -2.11. The summed E-state index contributed by atoms with van der Waals surface area (Å²) in [5.41, 5.74) is 2.90. The fourth-order valence-corrected chi connectivity index (χ4v) is 2.49. The zero-order chi connectivity index (χ0) is 17.9. The highest BCUT2D eigenvalue weighted by atomic mass is 16.7. The summed E-state index contributed by atoms with van der Waals surface area (Å²) < 4.78 is 10.5. The molecule has 2 aromatic carbocycles. The third-order valence-electron chi connectivity index (χ3n) is 3.85. The first-order valence-corrected chi connectivity index (χ1v) is 8.06. The number of aryl methyl sites for hydroxylation is 1. The highest BCUT2D eigenvalue weighted by Crippen LogP contribution is 2.32. The molecule has 26 heavy (non-hydrogen) atoms. The normalized spacial score (nSPS) is 11.9. The number of anilines is 3. The van der Waals surface area contributed by atoms with Crippen LogP contribution in [0.15, 0.2) is 54.6 Å². The van der Waals surface area contributed by atoms with Gasteiger partial charge < -0.3 is 20.1 Å². The number of hydrogen-bond donors (Lipinski definition) is 2. The number of ether oxygens (including phenoxy) is 2. The fourth-order valence-electron chi connectivity index (χ4n) is 2.49. The van der Waals surface area contributed by atoms with E-state index in [1.54, 1.807) is 18.2 Å². The summed E-state index contributed by atoms with van der Waals surface area (Å²) in [6.07, 6.45) is 0. The number of nitrogens with zero attached hydrogens (tertiary/aromatic N) is 2. The van der Waals surface area contributed by atoms with Crippen molar-refractivity contribution in [1.82, 2.24) is 10.2 Å². The van der Waals surface area contributed by atoms with Crippen molar-refractivity contribution in [3.8, 4) is 11.5 Å². The van der Waals surface area contributed by atoms with Gasteiger partial charge in [-0.05, 0) is 61.5 Å². The molecule has 1 aliphatic heterocycles. The quantitative estimate of drug-likeness (QED) is 0.750. The van der Waals surface area contributed by atoms with Gasteiger partial charge in [0.1, 0.15) is 0 Å². The highest BCUT2D eigenvalue weighted by molar-refractivity contribution is 6.04. The van der Waals surface area contributed by atoms with Crippen LogP contribution in [0.5, 0.6) is 11.5 Å². The van der Waals surface area contributed by atoms with Gasteiger partial charge in [-0.15, -0.1) is 5.10 Å². The van der Waals surface area contributed by atoms with Crippen molar-refractivity contribution in [2.24, 2.45) is 0 Å². The summed E-state index contributed by atoms with van der Waals surface area (Å²) in [7, 11) is 0. The minimum Gasteiger partial charge on any atom is -0.454 e. The molecule has 2 heterocycles. The molecule has 1 aliphatic rings. The van der Waals surface area contributed by atoms with Crippen LogP contribution in [0.25, 0.3) is 0 Å². The molecule has 4 rings (SSSR count). The zero-order valence-electron chi connectivity index (χ0n) is 14.0. The number of nitrogens with one attached hydrogen (secondary N) is 2. The summed E-state index contributed by atoms with van der Waals surface area (Å²) >= 11 is 0. The van der Waals surface area contributed by atoms with E-state index < -0.39 is 0 Å². The number of carbonyl (C=O) groups is 1. The van der Waals surface area contributed by atoms with Gasteiger partial charge in [0, 0.05) is 16.9 Å². The summed E-state index contributed by atoms with van der Waals surface area (Å²) in [4.78, 5) is 12.4. The first kappa shape index (κ1) is 15.9. The summed E-state index contributed by atoms with van der Waals surface area (Å²) in [6.45, 7) is 2.06. The molecule has 0 atom stereocenters. The number of benzene rings is 2. The van der Waals surface area contributed by atoms with Crippen LogP contribution in [0.1, 0.15) is 16.1 Å². The molecule has 0 saturated heterocycles. The van der Waals surface area contributed by atoms with Crippen LogP contribution in [0.2, 0.25) is 0 Å². The molecule has 0 bridgehead atoms. The topological polar surface area (TPSA) is 85.4 Å². The summed E-state index contributed by atoms with van der Waals surface area (Å²) in [5, 5.41) is 14.1. The first-order chi connectivity index (χ1) is 12.7. The fraction of sp³-hybridized carbons (Fsp3) is 0.105. The largest absolute Gasteiger partial charge is 0.454 e. The molecule has 0 aliphatic carbocycles. The number of rotatable bonds is 4. The average molecular weight is 348 g/mol. The number of aromatic nitrogens is 2. The molecule has 0 saturated carbocycles. The predicted molar refractivity (Wildman–Crippen MR) is 97.0 cm³/mol. The zero-order valence-corrected chi connectivity index (χ0v) is 14.0. The van der Waals surface area contributed by atoms with E-state index in [9.17, 15) is 4.79 Å². The Bertz CT molecular complexity index is 940. The van der Waals surface area contributed by atoms with Crippen LogP contribution >= 0.6 is 0 Å². The third-order valence-corrected chi connectivity index (χ3v) is 3.85. The van der Waals surface area contributed by atoms with E-state index in [-0.39, 0.29) is 12.7 Å². The van der Waals surface area contributed by atoms with Gasteiger partial charge in [0.2, 0.25) is 6.79 Å². The molecular weight excluding hydrogens is 332 g/mol. The third kappa shape index (κ3) is 3.41. The Kier molecular flexibility index (Phi) is 4.10. The van der Waals surface area contributed by atoms with Gasteiger partial charge in [0.05, 0.1) is 5.69 Å². The Labute approximate surface area is 150 Å². The molecule has 0 spiro atoms. The lowest BCUT2D eigenvalue weighted by molar-refractivity contribution is 0.102. The van der Waals surface area contributed by atoms with Crippen molar-refractivity contribution < 1.29 is 14.3 Å². The lowest BCUT2D eigenvalue weighted by atomic mass is 10.2. The van der Waals surface area contributed by atoms with Crippen molar-refractivity contribution in [3.63, 3.8) is 0 Å². The van der Waals surface area contributed by atoms with E-state index in [0.29, 0.717) is 28.6 Å². The standard InChI is InChI=1S/C19H16N4O3/c1-12-2-9-18(23-22-12)20-14-4-6-15(7-5-14)21-19(24)13-3-8-16-17(10-13)26-11-25-16/h2-10H,11H2,1H3,(H,20,23)(H,21,24). The van der Waals surface area contributed by atoms with Gasteiger partial charge in [-0.25, -0.2) is 0 Å². The van der Waals surface area contributed by atoms with Crippen LogP contribution < -0.4 is 20.1 Å². The predicted octanol–water partition coefficient (Wildman–Crippen LogP) is 3.51. The first-order valence-electron chi connectivity index (χ1n) is 8.06. The van der Waals surface area contributed by atoms with E-state index in [4.69, 9.17) is 9.47 Å². The van der Waals surface area contributed by atoms with Gasteiger partial charge in [-0.2, -0.15) is 5.10 Å². The molecule has 1 amide bonds. The maximum Gasteiger partial charge on any atom is 0.255 e. The van der Waals surface area contributed by atoms with E-state index in [0.717, 1.165) is 11.4 Å². The molecule has 3 aromatic rings. The SMILES string of the molecule is Cc1ccc(Nc2ccc(NC(=O)c3ccc4c(c3)OCO4)cc2)nn1. The maximum atomic E-state index is 12.4. The van der Waals surface area contributed by atoms with Gasteiger partial charge >= 0.3 is 0 Å². The van der Waals surface area contributed by atoms with Crippen LogP contribution in [0.4, 0.5) is 17.2 Å². The Balaban J connectivity index is 1.42. The number of hydrogen-bond acceptors (Lipinski definition) is 6. The van der Waals surface area contributed by atoms with E-state index in [2.05, 4.69) is 20.8 Å². The number of fused-ring (bicyclic) bond motifs is 1. The van der Waals surface area contributed by atoms with Crippen molar-refractivity contribution in [1.29, 1.82) is 0 Å². The Morgan fingerprint density at radius 1 is 0.923 bits per heavy atom. The molecule has 0 unspecified atom stereocenters. The Hall–Kier alpha value is -3.61. The van der Waals surface area contributed by atoms with Gasteiger partial charge in [0.15, 0.2) is 17.3 Å². The average Bonchev–Trinajstić information content (AvgIpc) is 3.13. The molecule has 1 aromatic heterocycles. The number of carbonyl (C=O) groups excluding carboxylic acids is 1. The summed E-state index contributed by atoms with van der Waals surface area (Å²) in [6, 6.07) is 16.2. The van der Waals surface area contributed by atoms with Crippen LogP contribution in [-0.2, 0) is 0 Å². The van der Waals surface area contributed by atoms with E-state index in [1.807, 2.05) is 43.3 Å². The van der Waals surface area contributed by atoms with Crippen molar-refractivity contribution >= 4 is 23.1 Å².